The molecule has 0 fully saturated rings. The molecule has 0 aromatic heterocycles. The molecular weight excluding hydrogens is 291 g/mol. The topological polar surface area (TPSA) is 26.3 Å². The van der Waals surface area contributed by atoms with Gasteiger partial charge >= 0.3 is 116 Å². The zero-order valence-corrected chi connectivity index (χ0v) is 12.7. The Hall–Kier alpha value is -1.05. The van der Waals surface area contributed by atoms with Crippen molar-refractivity contribution in [3.63, 3.8) is 0 Å². The average Bonchev–Trinajstić information content (AvgIpc) is 2.42. The van der Waals surface area contributed by atoms with Gasteiger partial charge in [0.25, 0.3) is 0 Å². The first-order valence-electron chi connectivity index (χ1n) is 6.29. The van der Waals surface area contributed by atoms with Crippen LogP contribution in [0.4, 0.5) is 0 Å². The standard InChI is InChI=1S/C15H20O2Se/c1-3-4-5-9-12-14(15(16)17-2)18-13-10-7-6-8-11-13/h6-8,10-12H,3-5,9H2,1-2H3/b14-12-. The molecule has 1 aromatic rings. The molecule has 1 rings (SSSR count). The van der Waals surface area contributed by atoms with Gasteiger partial charge < -0.3 is 0 Å². The number of methoxy groups -OCH3 is 1. The van der Waals surface area contributed by atoms with E-state index in [4.69, 9.17) is 4.74 Å². The molecule has 0 N–H and O–H groups in total. The van der Waals surface area contributed by atoms with Crippen LogP contribution in [0.3, 0.4) is 0 Å². The molecular formula is C15H20O2Se. The van der Waals surface area contributed by atoms with Gasteiger partial charge in [0, 0.05) is 0 Å². The van der Waals surface area contributed by atoms with Crippen LogP contribution in [0.25, 0.3) is 0 Å². The summed E-state index contributed by atoms with van der Waals surface area (Å²) < 4.78 is 6.88. The second kappa shape index (κ2) is 8.96. The molecule has 0 spiro atoms. The van der Waals surface area contributed by atoms with Crippen molar-refractivity contribution in [2.45, 2.75) is 32.6 Å². The van der Waals surface area contributed by atoms with Gasteiger partial charge in [0.05, 0.1) is 0 Å². The Morgan fingerprint density at radius 1 is 1.28 bits per heavy atom. The molecule has 0 aliphatic rings. The molecule has 0 bridgehead atoms. The number of hydrogen-bond donors (Lipinski definition) is 0. The van der Waals surface area contributed by atoms with Gasteiger partial charge in [-0.25, -0.2) is 0 Å². The fourth-order valence-electron chi connectivity index (χ4n) is 1.51. The van der Waals surface area contributed by atoms with E-state index < -0.39 is 0 Å². The predicted molar refractivity (Wildman–Crippen MR) is 76.1 cm³/mol. The summed E-state index contributed by atoms with van der Waals surface area (Å²) in [4.78, 5) is 11.7. The first-order chi connectivity index (χ1) is 8.77. The van der Waals surface area contributed by atoms with E-state index in [0.717, 1.165) is 17.3 Å². The molecule has 18 heavy (non-hydrogen) atoms. The quantitative estimate of drug-likeness (QED) is 0.335. The Balaban J connectivity index is 2.64. The van der Waals surface area contributed by atoms with Crippen molar-refractivity contribution in [2.24, 2.45) is 0 Å². The summed E-state index contributed by atoms with van der Waals surface area (Å²) in [6.07, 6.45) is 6.57. The Bertz CT molecular complexity index is 385. The zero-order valence-electron chi connectivity index (χ0n) is 11.0. The van der Waals surface area contributed by atoms with E-state index >= 15 is 0 Å². The van der Waals surface area contributed by atoms with Crippen molar-refractivity contribution in [3.05, 3.63) is 40.9 Å². The number of rotatable bonds is 7. The molecule has 98 valence electrons. The van der Waals surface area contributed by atoms with E-state index in [9.17, 15) is 4.79 Å². The maximum absolute atomic E-state index is 11.7. The third-order valence-electron chi connectivity index (χ3n) is 2.50. The van der Waals surface area contributed by atoms with Gasteiger partial charge in [0.1, 0.15) is 0 Å². The number of hydrogen-bond acceptors (Lipinski definition) is 2. The number of ether oxygens (including phenoxy) is 1. The maximum atomic E-state index is 11.7. The molecule has 0 unspecified atom stereocenters. The van der Waals surface area contributed by atoms with Gasteiger partial charge in [-0.3, -0.25) is 0 Å². The molecule has 1 aromatic carbocycles. The number of carbonyl (C=O) groups excluding carboxylic acids is 1. The molecule has 0 aliphatic heterocycles. The number of allylic oxidation sites excluding steroid dienone is 1. The molecule has 0 saturated carbocycles. The van der Waals surface area contributed by atoms with Gasteiger partial charge in [-0.1, -0.05) is 0 Å². The number of benzene rings is 1. The summed E-state index contributed by atoms with van der Waals surface area (Å²) in [5.41, 5.74) is 0. The van der Waals surface area contributed by atoms with Crippen LogP contribution in [0, 0.1) is 0 Å². The molecule has 0 amide bonds. The van der Waals surface area contributed by atoms with Gasteiger partial charge in [-0.2, -0.15) is 0 Å². The van der Waals surface area contributed by atoms with Crippen molar-refractivity contribution in [3.8, 4) is 0 Å². The monoisotopic (exact) mass is 312 g/mol. The van der Waals surface area contributed by atoms with E-state index in [1.807, 2.05) is 18.2 Å². The summed E-state index contributed by atoms with van der Waals surface area (Å²) in [6, 6.07) is 10.1. The van der Waals surface area contributed by atoms with Crippen molar-refractivity contribution < 1.29 is 9.53 Å². The number of carbonyl (C=O) groups is 1. The van der Waals surface area contributed by atoms with Crippen molar-refractivity contribution in [2.75, 3.05) is 7.11 Å². The third-order valence-corrected chi connectivity index (χ3v) is 4.72. The summed E-state index contributed by atoms with van der Waals surface area (Å²) >= 11 is 0.0422. The fourth-order valence-corrected chi connectivity index (χ4v) is 3.43. The summed E-state index contributed by atoms with van der Waals surface area (Å²) in [5.74, 6) is -0.185. The Kier molecular flexibility index (Phi) is 7.47. The van der Waals surface area contributed by atoms with Crippen LogP contribution < -0.4 is 4.46 Å². The SMILES string of the molecule is CCCCC/C=C(\[Se]c1ccccc1)C(=O)OC. The van der Waals surface area contributed by atoms with Crippen LogP contribution in [-0.2, 0) is 9.53 Å². The van der Waals surface area contributed by atoms with E-state index in [1.54, 1.807) is 0 Å². The predicted octanol–water partition coefficient (Wildman–Crippen LogP) is 2.65. The normalized spacial score (nSPS) is 11.3. The van der Waals surface area contributed by atoms with Crippen LogP contribution in [0.1, 0.15) is 32.6 Å². The summed E-state index contributed by atoms with van der Waals surface area (Å²) in [5, 5.41) is 0. The molecule has 0 saturated heterocycles. The third kappa shape index (κ3) is 5.52. The fraction of sp³-hybridized carbons (Fsp3) is 0.400. The molecule has 2 nitrogen and oxygen atoms in total. The van der Waals surface area contributed by atoms with Crippen LogP contribution in [0.2, 0.25) is 0 Å². The van der Waals surface area contributed by atoms with Crippen LogP contribution in [0.15, 0.2) is 40.9 Å². The van der Waals surface area contributed by atoms with Gasteiger partial charge in [0.2, 0.25) is 0 Å². The van der Waals surface area contributed by atoms with E-state index in [0.29, 0.717) is 0 Å². The molecule has 0 atom stereocenters. The number of esters is 1. The molecule has 3 heteroatoms. The zero-order chi connectivity index (χ0) is 13.2. The Labute approximate surface area is 116 Å². The van der Waals surface area contributed by atoms with Gasteiger partial charge in [-0.15, -0.1) is 0 Å². The second-order valence-corrected chi connectivity index (χ2v) is 6.31. The van der Waals surface area contributed by atoms with Crippen LogP contribution in [0.5, 0.6) is 0 Å². The van der Waals surface area contributed by atoms with Crippen LogP contribution >= 0.6 is 0 Å². The minimum absolute atomic E-state index is 0.0422. The van der Waals surface area contributed by atoms with Crippen molar-refractivity contribution in [1.82, 2.24) is 0 Å². The average molecular weight is 311 g/mol. The van der Waals surface area contributed by atoms with Gasteiger partial charge in [0.15, 0.2) is 0 Å². The minimum atomic E-state index is -0.185. The number of unbranched alkanes of at least 4 members (excludes halogenated alkanes) is 3. The van der Waals surface area contributed by atoms with E-state index in [-0.39, 0.29) is 20.9 Å². The second-order valence-electron chi connectivity index (χ2n) is 3.97. The van der Waals surface area contributed by atoms with E-state index in [2.05, 4.69) is 25.1 Å². The van der Waals surface area contributed by atoms with Crippen molar-refractivity contribution in [1.29, 1.82) is 0 Å². The Morgan fingerprint density at radius 3 is 2.61 bits per heavy atom. The van der Waals surface area contributed by atoms with Gasteiger partial charge in [-0.05, 0) is 0 Å². The van der Waals surface area contributed by atoms with E-state index in [1.165, 1.54) is 24.4 Å². The molecule has 0 aliphatic carbocycles. The first kappa shape index (κ1) is 15.0. The van der Waals surface area contributed by atoms with Crippen molar-refractivity contribution >= 4 is 25.4 Å². The summed E-state index contributed by atoms with van der Waals surface area (Å²) in [6.45, 7) is 2.18. The van der Waals surface area contributed by atoms with Crippen LogP contribution in [-0.4, -0.2) is 28.0 Å². The summed E-state index contributed by atoms with van der Waals surface area (Å²) in [7, 11) is 1.45. The first-order valence-corrected chi connectivity index (χ1v) is 8.00. The Morgan fingerprint density at radius 2 is 2.00 bits per heavy atom. The molecule has 0 heterocycles. The molecule has 0 radical (unpaired) electrons.